The van der Waals surface area contributed by atoms with Crippen molar-refractivity contribution in [2.75, 3.05) is 10.7 Å². The monoisotopic (exact) mass is 365 g/mol. The van der Waals surface area contributed by atoms with Crippen molar-refractivity contribution in [3.63, 3.8) is 0 Å². The van der Waals surface area contributed by atoms with Gasteiger partial charge < -0.3 is 0 Å². The van der Waals surface area contributed by atoms with Crippen LogP contribution < -0.4 is 4.90 Å². The van der Waals surface area contributed by atoms with Gasteiger partial charge in [0.15, 0.2) is 9.84 Å². The molecule has 0 spiro atoms. The number of carbonyl (C=O) groups is 2. The number of amides is 2. The van der Waals surface area contributed by atoms with Crippen molar-refractivity contribution < 1.29 is 18.0 Å². The summed E-state index contributed by atoms with van der Waals surface area (Å²) in [4.78, 5) is 26.5. The zero-order chi connectivity index (χ0) is 19.2. The molecule has 138 valence electrons. The van der Waals surface area contributed by atoms with E-state index in [0.29, 0.717) is 5.69 Å². The molecule has 2 rings (SSSR count). The van der Waals surface area contributed by atoms with E-state index >= 15 is 0 Å². The first-order valence-electron chi connectivity index (χ1n) is 8.44. The second-order valence-electron chi connectivity index (χ2n) is 8.63. The van der Waals surface area contributed by atoms with Crippen LogP contribution in [-0.4, -0.2) is 30.7 Å². The van der Waals surface area contributed by atoms with Crippen molar-refractivity contribution in [2.45, 2.75) is 58.1 Å². The molecule has 0 aliphatic carbocycles. The van der Waals surface area contributed by atoms with Gasteiger partial charge in [-0.15, -0.1) is 0 Å². The van der Waals surface area contributed by atoms with Crippen LogP contribution in [0.1, 0.15) is 53.5 Å². The third-order valence-corrected chi connectivity index (χ3v) is 7.25. The lowest BCUT2D eigenvalue weighted by atomic mass is 9.85. The summed E-state index contributed by atoms with van der Waals surface area (Å²) in [5.41, 5.74) is 1.20. The Labute approximate surface area is 150 Å². The number of hydrogen-bond donors (Lipinski definition) is 0. The lowest BCUT2D eigenvalue weighted by Gasteiger charge is -2.27. The van der Waals surface area contributed by atoms with Crippen molar-refractivity contribution in [1.82, 2.24) is 0 Å². The molecule has 0 unspecified atom stereocenters. The van der Waals surface area contributed by atoms with E-state index in [4.69, 9.17) is 0 Å². The molecule has 1 heterocycles. The molecule has 1 aromatic carbocycles. The van der Waals surface area contributed by atoms with Gasteiger partial charge in [0.05, 0.1) is 22.1 Å². The van der Waals surface area contributed by atoms with Crippen molar-refractivity contribution in [2.24, 2.45) is 5.92 Å². The first kappa shape index (κ1) is 19.6. The Balaban J connectivity index is 2.39. The Bertz CT molecular complexity index is 797. The minimum absolute atomic E-state index is 0.0629. The van der Waals surface area contributed by atoms with Crippen LogP contribution in [0.5, 0.6) is 0 Å². The summed E-state index contributed by atoms with van der Waals surface area (Å²) in [6.07, 6.45) is -0.0629. The molecule has 1 fully saturated rings. The summed E-state index contributed by atoms with van der Waals surface area (Å²) < 4.78 is 23.9. The third-order valence-electron chi connectivity index (χ3n) is 4.55. The highest BCUT2D eigenvalue weighted by Gasteiger charge is 2.44. The van der Waals surface area contributed by atoms with Gasteiger partial charge in [0, 0.05) is 6.42 Å². The van der Waals surface area contributed by atoms with Gasteiger partial charge in [-0.2, -0.15) is 0 Å². The standard InChI is InChI=1S/C19H27NO4S/c1-18(2,3)14-9-7-8-10-15(14)20-16(21)11-13(17(20)22)12-25(23,24)19(4,5)6/h7-10,13H,11-12H2,1-6H3/t13-/m1/s1. The second-order valence-corrected chi connectivity index (χ2v) is 11.4. The van der Waals surface area contributed by atoms with Crippen LogP contribution in [0.4, 0.5) is 5.69 Å². The molecular weight excluding hydrogens is 338 g/mol. The molecule has 25 heavy (non-hydrogen) atoms. The molecule has 6 heteroatoms. The second kappa shape index (κ2) is 6.24. The topological polar surface area (TPSA) is 71.5 Å². The molecular formula is C19H27NO4S. The highest BCUT2D eigenvalue weighted by Crippen LogP contribution is 2.36. The van der Waals surface area contributed by atoms with Crippen molar-refractivity contribution in [1.29, 1.82) is 0 Å². The number of rotatable bonds is 3. The Morgan fingerprint density at radius 1 is 1.04 bits per heavy atom. The smallest absolute Gasteiger partial charge is 0.238 e. The summed E-state index contributed by atoms with van der Waals surface area (Å²) >= 11 is 0. The largest absolute Gasteiger partial charge is 0.274 e. The first-order chi connectivity index (χ1) is 11.3. The summed E-state index contributed by atoms with van der Waals surface area (Å²) in [5, 5.41) is 0. The van der Waals surface area contributed by atoms with Crippen molar-refractivity contribution in [3.05, 3.63) is 29.8 Å². The van der Waals surface area contributed by atoms with Gasteiger partial charge in [0.1, 0.15) is 0 Å². The number of anilines is 1. The Hall–Kier alpha value is -1.69. The van der Waals surface area contributed by atoms with Gasteiger partial charge in [-0.1, -0.05) is 39.0 Å². The lowest BCUT2D eigenvalue weighted by molar-refractivity contribution is -0.122. The molecule has 1 atom stereocenters. The average Bonchev–Trinajstić information content (AvgIpc) is 2.70. The van der Waals surface area contributed by atoms with E-state index in [1.807, 2.05) is 32.9 Å². The Kier molecular flexibility index (Phi) is 4.90. The predicted molar refractivity (Wildman–Crippen MR) is 99.3 cm³/mol. The molecule has 5 nitrogen and oxygen atoms in total. The van der Waals surface area contributed by atoms with Crippen molar-refractivity contribution in [3.8, 4) is 0 Å². The minimum Gasteiger partial charge on any atom is -0.274 e. The molecule has 0 aromatic heterocycles. The minimum atomic E-state index is -3.48. The van der Waals surface area contributed by atoms with Crippen LogP contribution in [0.15, 0.2) is 24.3 Å². The maximum absolute atomic E-state index is 12.8. The molecule has 1 aliphatic heterocycles. The van der Waals surface area contributed by atoms with Crippen molar-refractivity contribution >= 4 is 27.3 Å². The fourth-order valence-corrected chi connectivity index (χ4v) is 4.19. The fraction of sp³-hybridized carbons (Fsp3) is 0.579. The van der Waals surface area contributed by atoms with Gasteiger partial charge in [0.2, 0.25) is 11.8 Å². The van der Waals surface area contributed by atoms with Crippen LogP contribution in [0.3, 0.4) is 0 Å². The van der Waals surface area contributed by atoms with E-state index in [1.165, 1.54) is 4.90 Å². The van der Waals surface area contributed by atoms with E-state index < -0.39 is 26.4 Å². The number of hydrogen-bond acceptors (Lipinski definition) is 4. The number of imide groups is 1. The van der Waals surface area contributed by atoms with Crippen LogP contribution in [0.2, 0.25) is 0 Å². The molecule has 1 aliphatic rings. The average molecular weight is 365 g/mol. The zero-order valence-corrected chi connectivity index (χ0v) is 16.6. The maximum Gasteiger partial charge on any atom is 0.238 e. The van der Waals surface area contributed by atoms with Gasteiger partial charge in [0.25, 0.3) is 0 Å². The summed E-state index contributed by atoms with van der Waals surface area (Å²) in [6.45, 7) is 10.9. The highest BCUT2D eigenvalue weighted by atomic mass is 32.2. The van der Waals surface area contributed by atoms with E-state index in [1.54, 1.807) is 32.9 Å². The van der Waals surface area contributed by atoms with Crippen LogP contribution >= 0.6 is 0 Å². The highest BCUT2D eigenvalue weighted by molar-refractivity contribution is 7.92. The SMILES string of the molecule is CC(C)(C)c1ccccc1N1C(=O)C[C@H](CS(=O)(=O)C(C)(C)C)C1=O. The van der Waals surface area contributed by atoms with Gasteiger partial charge >= 0.3 is 0 Å². The summed E-state index contributed by atoms with van der Waals surface area (Å²) in [7, 11) is -3.48. The van der Waals surface area contributed by atoms with Gasteiger partial charge in [-0.25, -0.2) is 13.3 Å². The quantitative estimate of drug-likeness (QED) is 0.772. The Morgan fingerprint density at radius 2 is 1.60 bits per heavy atom. The van der Waals surface area contributed by atoms with Crippen LogP contribution in [0, 0.1) is 5.92 Å². The first-order valence-corrected chi connectivity index (χ1v) is 10.1. The van der Waals surface area contributed by atoms with E-state index in [-0.39, 0.29) is 23.5 Å². The number of para-hydroxylation sites is 1. The molecule has 0 radical (unpaired) electrons. The maximum atomic E-state index is 12.8. The number of carbonyl (C=O) groups excluding carboxylic acids is 2. The molecule has 0 saturated carbocycles. The molecule has 0 bridgehead atoms. The summed E-state index contributed by atoms with van der Waals surface area (Å²) in [5.74, 6) is -1.87. The third kappa shape index (κ3) is 3.78. The Morgan fingerprint density at radius 3 is 2.12 bits per heavy atom. The number of sulfone groups is 1. The fourth-order valence-electron chi connectivity index (χ4n) is 2.90. The van der Waals surface area contributed by atoms with Crippen LogP contribution in [-0.2, 0) is 24.8 Å². The number of nitrogens with zero attached hydrogens (tertiary/aromatic N) is 1. The summed E-state index contributed by atoms with van der Waals surface area (Å²) in [6, 6.07) is 7.30. The molecule has 0 N–H and O–H groups in total. The van der Waals surface area contributed by atoms with E-state index in [0.717, 1.165) is 5.56 Å². The molecule has 1 aromatic rings. The van der Waals surface area contributed by atoms with Crippen LogP contribution in [0.25, 0.3) is 0 Å². The zero-order valence-electron chi connectivity index (χ0n) is 15.8. The predicted octanol–water partition coefficient (Wildman–Crippen LogP) is 3.08. The molecule has 1 saturated heterocycles. The van der Waals surface area contributed by atoms with Gasteiger partial charge in [-0.3, -0.25) is 9.59 Å². The van der Waals surface area contributed by atoms with Gasteiger partial charge in [-0.05, 0) is 37.8 Å². The number of benzene rings is 1. The lowest BCUT2D eigenvalue weighted by Crippen LogP contribution is -2.37. The van der Waals surface area contributed by atoms with E-state index in [9.17, 15) is 18.0 Å². The normalized spacial score (nSPS) is 19.6. The molecule has 2 amide bonds. The van der Waals surface area contributed by atoms with E-state index in [2.05, 4.69) is 0 Å².